The van der Waals surface area contributed by atoms with Gasteiger partial charge in [0.05, 0.1) is 34.4 Å². The first-order valence-corrected chi connectivity index (χ1v) is 11.7. The smallest absolute Gasteiger partial charge is 0.245 e. The lowest BCUT2D eigenvalue weighted by Gasteiger charge is -2.14. The summed E-state index contributed by atoms with van der Waals surface area (Å²) in [7, 11) is 0. The van der Waals surface area contributed by atoms with Crippen molar-refractivity contribution in [3.05, 3.63) is 95.9 Å². The van der Waals surface area contributed by atoms with Gasteiger partial charge in [-0.05, 0) is 49.4 Å². The Bertz CT molecular complexity index is 1640. The van der Waals surface area contributed by atoms with E-state index in [1.165, 1.54) is 6.07 Å². The average Bonchev–Trinajstić information content (AvgIpc) is 3.51. The number of oxazole rings is 1. The number of pyridine rings is 1. The van der Waals surface area contributed by atoms with Crippen LogP contribution >= 0.6 is 0 Å². The summed E-state index contributed by atoms with van der Waals surface area (Å²) >= 11 is 0. The summed E-state index contributed by atoms with van der Waals surface area (Å²) < 4.78 is 28.5. The van der Waals surface area contributed by atoms with Crippen LogP contribution in [0.4, 0.5) is 4.39 Å². The third kappa shape index (κ3) is 4.98. The molecular weight excluding hydrogens is 469 g/mol. The third-order valence-corrected chi connectivity index (χ3v) is 5.72. The first-order chi connectivity index (χ1) is 17.7. The minimum Gasteiger partial charge on any atom is -0.457 e. The predicted molar refractivity (Wildman–Crippen MR) is 137 cm³/mol. The number of ether oxygens (including phenoxy) is 1. The van der Waals surface area contributed by atoms with Gasteiger partial charge in [-0.3, -0.25) is 4.98 Å². The van der Waals surface area contributed by atoms with Crippen molar-refractivity contribution in [2.45, 2.75) is 33.1 Å². The van der Waals surface area contributed by atoms with Crippen molar-refractivity contribution in [3.8, 4) is 46.1 Å². The summed E-state index contributed by atoms with van der Waals surface area (Å²) in [5.74, 6) is 0.720. The molecule has 0 bridgehead atoms. The van der Waals surface area contributed by atoms with Gasteiger partial charge in [0.1, 0.15) is 29.3 Å². The molecule has 5 rings (SSSR count). The Morgan fingerprint density at radius 2 is 1.84 bits per heavy atom. The topological polar surface area (TPSA) is 89.8 Å². The van der Waals surface area contributed by atoms with Gasteiger partial charge in [-0.15, -0.1) is 0 Å². The quantitative estimate of drug-likeness (QED) is 0.262. The van der Waals surface area contributed by atoms with Gasteiger partial charge in [-0.1, -0.05) is 26.8 Å². The molecule has 0 amide bonds. The van der Waals surface area contributed by atoms with Crippen LogP contribution < -0.4 is 4.74 Å². The molecule has 3 heterocycles. The highest BCUT2D eigenvalue weighted by atomic mass is 19.1. The van der Waals surface area contributed by atoms with Gasteiger partial charge < -0.3 is 9.15 Å². The van der Waals surface area contributed by atoms with Crippen LogP contribution in [-0.4, -0.2) is 19.7 Å². The fourth-order valence-corrected chi connectivity index (χ4v) is 3.81. The lowest BCUT2D eigenvalue weighted by molar-refractivity contribution is 0.476. The zero-order valence-corrected chi connectivity index (χ0v) is 20.9. The molecule has 0 radical (unpaired) electrons. The fraction of sp³-hybridized carbons (Fsp3) is 0.172. The molecule has 5 aromatic rings. The maximum Gasteiger partial charge on any atom is 0.245 e. The van der Waals surface area contributed by atoms with Gasteiger partial charge >= 0.3 is 0 Å². The number of halogens is 1. The fourth-order valence-electron chi connectivity index (χ4n) is 3.81. The maximum atomic E-state index is 15.5. The summed E-state index contributed by atoms with van der Waals surface area (Å²) in [5, 5.41) is 14.1. The lowest BCUT2D eigenvalue weighted by atomic mass is 9.92. The van der Waals surface area contributed by atoms with Crippen LogP contribution in [0.2, 0.25) is 0 Å². The Morgan fingerprint density at radius 3 is 2.54 bits per heavy atom. The van der Waals surface area contributed by atoms with Crippen molar-refractivity contribution >= 4 is 0 Å². The van der Waals surface area contributed by atoms with Gasteiger partial charge in [0.2, 0.25) is 5.89 Å². The maximum absolute atomic E-state index is 15.5. The second-order valence-corrected chi connectivity index (χ2v) is 9.65. The van der Waals surface area contributed by atoms with E-state index in [0.717, 1.165) is 11.4 Å². The zero-order valence-electron chi connectivity index (χ0n) is 20.9. The molecule has 8 heteroatoms. The molecule has 0 fully saturated rings. The second kappa shape index (κ2) is 9.36. The molecule has 0 atom stereocenters. The van der Waals surface area contributed by atoms with Crippen molar-refractivity contribution in [1.29, 1.82) is 5.26 Å². The second-order valence-electron chi connectivity index (χ2n) is 9.65. The molecule has 0 unspecified atom stereocenters. The normalized spacial score (nSPS) is 11.4. The van der Waals surface area contributed by atoms with E-state index in [1.54, 1.807) is 59.6 Å². The van der Waals surface area contributed by atoms with Gasteiger partial charge in [-0.25, -0.2) is 14.1 Å². The van der Waals surface area contributed by atoms with Gasteiger partial charge in [0.25, 0.3) is 0 Å². The van der Waals surface area contributed by atoms with Crippen molar-refractivity contribution < 1.29 is 13.5 Å². The van der Waals surface area contributed by atoms with E-state index in [0.29, 0.717) is 45.6 Å². The number of aromatic nitrogens is 4. The number of hydrogen-bond acceptors (Lipinski definition) is 6. The number of benzene rings is 2. The van der Waals surface area contributed by atoms with E-state index < -0.39 is 5.82 Å². The first kappa shape index (κ1) is 23.9. The Balaban J connectivity index is 1.50. The van der Waals surface area contributed by atoms with Crippen LogP contribution in [0.1, 0.15) is 37.7 Å². The van der Waals surface area contributed by atoms with Gasteiger partial charge in [0.15, 0.2) is 0 Å². The van der Waals surface area contributed by atoms with E-state index in [2.05, 4.69) is 16.0 Å². The van der Waals surface area contributed by atoms with Crippen LogP contribution in [-0.2, 0) is 5.41 Å². The minimum atomic E-state index is -0.465. The molecule has 7 nitrogen and oxygen atoms in total. The summed E-state index contributed by atoms with van der Waals surface area (Å²) in [6.45, 7) is 7.97. The number of rotatable bonds is 5. The van der Waals surface area contributed by atoms with Crippen molar-refractivity contribution in [2.75, 3.05) is 0 Å². The molecule has 0 aliphatic carbocycles. The average molecular weight is 494 g/mol. The van der Waals surface area contributed by atoms with Crippen molar-refractivity contribution in [2.24, 2.45) is 0 Å². The van der Waals surface area contributed by atoms with E-state index in [-0.39, 0.29) is 5.41 Å². The molecule has 0 saturated carbocycles. The van der Waals surface area contributed by atoms with Crippen LogP contribution in [0.25, 0.3) is 28.5 Å². The molecule has 0 saturated heterocycles. The van der Waals surface area contributed by atoms with E-state index in [4.69, 9.17) is 14.3 Å². The summed E-state index contributed by atoms with van der Waals surface area (Å²) in [5.41, 5.74) is 3.92. The molecule has 0 aliphatic heterocycles. The van der Waals surface area contributed by atoms with Gasteiger partial charge in [-0.2, -0.15) is 10.4 Å². The molecule has 37 heavy (non-hydrogen) atoms. The highest BCUT2D eigenvalue weighted by molar-refractivity contribution is 5.65. The molecule has 2 aromatic carbocycles. The molecular formula is C29H24FN5O2. The summed E-state index contributed by atoms with van der Waals surface area (Å²) in [6.07, 6.45) is 3.13. The number of hydrogen-bond donors (Lipinski definition) is 0. The van der Waals surface area contributed by atoms with Crippen LogP contribution in [0.5, 0.6) is 11.5 Å². The Labute approximate surface area is 213 Å². The monoisotopic (exact) mass is 493 g/mol. The Hall–Kier alpha value is -4.77. The molecule has 0 aliphatic rings. The standard InChI is InChI=1S/C29H24FN5O2/c1-18-17-36-28(33-18)25-14-22(10-11-32-25)37-21-8-9-23(24(30)13-21)26-15-27(29(2,3)4)34-35(26)20-7-5-6-19(12-20)16-31/h5-15,17H,1-4H3. The molecule has 0 spiro atoms. The summed E-state index contributed by atoms with van der Waals surface area (Å²) in [6, 6.07) is 19.2. The molecule has 184 valence electrons. The van der Waals surface area contributed by atoms with Crippen LogP contribution in [0.3, 0.4) is 0 Å². The molecule has 0 N–H and O–H groups in total. The number of nitrogens with zero attached hydrogens (tertiary/aromatic N) is 5. The van der Waals surface area contributed by atoms with Crippen molar-refractivity contribution in [3.63, 3.8) is 0 Å². The number of nitriles is 1. The third-order valence-electron chi connectivity index (χ3n) is 5.72. The van der Waals surface area contributed by atoms with Crippen LogP contribution in [0.15, 0.2) is 77.5 Å². The van der Waals surface area contributed by atoms with Gasteiger partial charge in [0, 0.05) is 29.3 Å². The lowest BCUT2D eigenvalue weighted by Crippen LogP contribution is -2.12. The van der Waals surface area contributed by atoms with E-state index in [1.807, 2.05) is 39.8 Å². The van der Waals surface area contributed by atoms with Crippen LogP contribution in [0, 0.1) is 24.1 Å². The van der Waals surface area contributed by atoms with E-state index >= 15 is 4.39 Å². The molecule has 3 aromatic heterocycles. The predicted octanol–water partition coefficient (Wildman–Crippen LogP) is 7.00. The summed E-state index contributed by atoms with van der Waals surface area (Å²) in [4.78, 5) is 8.55. The SMILES string of the molecule is Cc1coc(-c2cc(Oc3ccc(-c4cc(C(C)(C)C)nn4-c4cccc(C#N)c4)c(F)c3)ccn2)n1. The highest BCUT2D eigenvalue weighted by Gasteiger charge is 2.23. The number of aryl methyl sites for hydroxylation is 1. The van der Waals surface area contributed by atoms with Crippen molar-refractivity contribution in [1.82, 2.24) is 19.7 Å². The highest BCUT2D eigenvalue weighted by Crippen LogP contribution is 2.34. The Kier molecular flexibility index (Phi) is 6.06. The van der Waals surface area contributed by atoms with E-state index in [9.17, 15) is 5.26 Å². The largest absolute Gasteiger partial charge is 0.457 e. The zero-order chi connectivity index (χ0) is 26.2. The minimum absolute atomic E-state index is 0.257. The Morgan fingerprint density at radius 1 is 1.03 bits per heavy atom. The first-order valence-electron chi connectivity index (χ1n) is 11.7.